The Morgan fingerprint density at radius 3 is 2.85 bits per heavy atom. The number of carbonyl (C=O) groups excluding carboxylic acids is 1. The van der Waals surface area contributed by atoms with E-state index in [2.05, 4.69) is 11.3 Å². The smallest absolute Gasteiger partial charge is 0.340 e. The van der Waals surface area contributed by atoms with E-state index in [4.69, 9.17) is 0 Å². The van der Waals surface area contributed by atoms with Gasteiger partial charge in [-0.3, -0.25) is 0 Å². The number of carbonyl (C=O) groups is 1. The summed E-state index contributed by atoms with van der Waals surface area (Å²) in [5.41, 5.74) is 0.225. The van der Waals surface area contributed by atoms with Crippen molar-refractivity contribution in [3.8, 4) is 0 Å². The maximum Gasteiger partial charge on any atom is 0.340 e. The van der Waals surface area contributed by atoms with Gasteiger partial charge in [0.25, 0.3) is 0 Å². The molecule has 0 atom stereocenters. The number of halogens is 1. The van der Waals surface area contributed by atoms with Crippen molar-refractivity contribution in [1.29, 1.82) is 0 Å². The maximum absolute atomic E-state index is 13.3. The highest BCUT2D eigenvalue weighted by Gasteiger charge is 2.13. The molecule has 0 fully saturated rings. The lowest BCUT2D eigenvalue weighted by atomic mass is 10.1. The molecule has 0 bridgehead atoms. The zero-order valence-electron chi connectivity index (χ0n) is 7.21. The summed E-state index contributed by atoms with van der Waals surface area (Å²) in [5, 5.41) is 0. The van der Waals surface area contributed by atoms with E-state index < -0.39 is 11.8 Å². The van der Waals surface area contributed by atoms with E-state index in [0.29, 0.717) is 5.56 Å². The predicted molar refractivity (Wildman–Crippen MR) is 47.8 cm³/mol. The molecule has 0 spiro atoms. The monoisotopic (exact) mass is 180 g/mol. The van der Waals surface area contributed by atoms with Crippen LogP contribution in [0.25, 0.3) is 6.08 Å². The lowest BCUT2D eigenvalue weighted by molar-refractivity contribution is 0.0595. The number of rotatable bonds is 2. The fraction of sp³-hybridized carbons (Fsp3) is 0.100. The summed E-state index contributed by atoms with van der Waals surface area (Å²) in [6, 6.07) is 4.48. The summed E-state index contributed by atoms with van der Waals surface area (Å²) in [7, 11) is 1.21. The highest BCUT2D eigenvalue weighted by molar-refractivity contribution is 5.90. The van der Waals surface area contributed by atoms with Gasteiger partial charge >= 0.3 is 5.97 Å². The van der Waals surface area contributed by atoms with E-state index in [1.807, 2.05) is 0 Å². The van der Waals surface area contributed by atoms with Crippen molar-refractivity contribution < 1.29 is 13.9 Å². The van der Waals surface area contributed by atoms with Gasteiger partial charge in [0.05, 0.1) is 12.7 Å². The van der Waals surface area contributed by atoms with Gasteiger partial charge in [0.2, 0.25) is 0 Å². The number of hydrogen-bond donors (Lipinski definition) is 0. The Hall–Kier alpha value is -1.64. The quantitative estimate of drug-likeness (QED) is 0.652. The third-order valence-electron chi connectivity index (χ3n) is 1.65. The maximum atomic E-state index is 13.3. The molecule has 0 saturated carbocycles. The third-order valence-corrected chi connectivity index (χ3v) is 1.65. The van der Waals surface area contributed by atoms with Crippen LogP contribution >= 0.6 is 0 Å². The zero-order chi connectivity index (χ0) is 9.84. The second kappa shape index (κ2) is 3.85. The first-order valence-corrected chi connectivity index (χ1v) is 3.70. The van der Waals surface area contributed by atoms with Crippen molar-refractivity contribution in [2.24, 2.45) is 0 Å². The number of benzene rings is 1. The molecular weight excluding hydrogens is 171 g/mol. The third kappa shape index (κ3) is 1.75. The first kappa shape index (κ1) is 9.45. The van der Waals surface area contributed by atoms with E-state index in [-0.39, 0.29) is 5.56 Å². The molecule has 0 aliphatic heterocycles. The van der Waals surface area contributed by atoms with Gasteiger partial charge in [0.15, 0.2) is 0 Å². The summed E-state index contributed by atoms with van der Waals surface area (Å²) < 4.78 is 17.7. The van der Waals surface area contributed by atoms with Crippen LogP contribution in [0.1, 0.15) is 15.9 Å². The predicted octanol–water partition coefficient (Wildman–Crippen LogP) is 2.26. The first-order chi connectivity index (χ1) is 6.20. The Labute approximate surface area is 75.6 Å². The van der Waals surface area contributed by atoms with E-state index in [0.717, 1.165) is 0 Å². The summed E-state index contributed by atoms with van der Waals surface area (Å²) >= 11 is 0. The summed E-state index contributed by atoms with van der Waals surface area (Å²) in [5.74, 6) is -1.27. The molecule has 1 aromatic carbocycles. The molecule has 0 aliphatic carbocycles. The van der Waals surface area contributed by atoms with Crippen molar-refractivity contribution in [2.75, 3.05) is 7.11 Å². The van der Waals surface area contributed by atoms with Gasteiger partial charge in [-0.15, -0.1) is 0 Å². The Morgan fingerprint density at radius 2 is 2.31 bits per heavy atom. The van der Waals surface area contributed by atoms with Crippen molar-refractivity contribution in [2.45, 2.75) is 0 Å². The minimum Gasteiger partial charge on any atom is -0.465 e. The summed E-state index contributed by atoms with van der Waals surface area (Å²) in [6.45, 7) is 3.43. The molecule has 1 rings (SSSR count). The molecule has 0 heterocycles. The summed E-state index contributed by atoms with van der Waals surface area (Å²) in [6.07, 6.45) is 1.35. The van der Waals surface area contributed by atoms with Crippen LogP contribution in [0.2, 0.25) is 0 Å². The standard InChI is InChI=1S/C10H9FO2/c1-3-7-5-4-6-8(9(7)11)10(12)13-2/h3-6H,1H2,2H3. The average molecular weight is 180 g/mol. The fourth-order valence-corrected chi connectivity index (χ4v) is 0.975. The summed E-state index contributed by atoms with van der Waals surface area (Å²) in [4.78, 5) is 11.0. The number of methoxy groups -OCH3 is 1. The first-order valence-electron chi connectivity index (χ1n) is 3.70. The van der Waals surface area contributed by atoms with E-state index >= 15 is 0 Å². The van der Waals surface area contributed by atoms with Crippen molar-refractivity contribution >= 4 is 12.0 Å². The molecule has 0 amide bonds. The van der Waals surface area contributed by atoms with E-state index in [1.165, 1.54) is 25.3 Å². The van der Waals surface area contributed by atoms with Gasteiger partial charge in [-0.2, -0.15) is 0 Å². The normalized spacial score (nSPS) is 9.38. The molecule has 0 saturated heterocycles. The Kier molecular flexibility index (Phi) is 2.80. The second-order valence-corrected chi connectivity index (χ2v) is 2.40. The topological polar surface area (TPSA) is 26.3 Å². The van der Waals surface area contributed by atoms with Gasteiger partial charge < -0.3 is 4.74 Å². The van der Waals surface area contributed by atoms with Crippen LogP contribution in [0.4, 0.5) is 4.39 Å². The molecule has 13 heavy (non-hydrogen) atoms. The van der Waals surface area contributed by atoms with Crippen LogP contribution in [0.15, 0.2) is 24.8 Å². The second-order valence-electron chi connectivity index (χ2n) is 2.40. The lowest BCUT2D eigenvalue weighted by Gasteiger charge is -2.02. The molecule has 0 N–H and O–H groups in total. The van der Waals surface area contributed by atoms with Crippen molar-refractivity contribution in [3.05, 3.63) is 41.7 Å². The van der Waals surface area contributed by atoms with Gasteiger partial charge in [0.1, 0.15) is 5.82 Å². The molecule has 68 valence electrons. The van der Waals surface area contributed by atoms with E-state index in [9.17, 15) is 9.18 Å². The Bertz CT molecular complexity index is 345. The number of ether oxygens (including phenoxy) is 1. The average Bonchev–Trinajstić information content (AvgIpc) is 2.17. The number of hydrogen-bond acceptors (Lipinski definition) is 2. The zero-order valence-corrected chi connectivity index (χ0v) is 7.21. The Balaban J connectivity index is 3.23. The minimum atomic E-state index is -0.679. The molecule has 1 aromatic rings. The molecule has 0 aliphatic rings. The van der Waals surface area contributed by atoms with Crippen LogP contribution in [0.5, 0.6) is 0 Å². The highest BCUT2D eigenvalue weighted by atomic mass is 19.1. The van der Waals surface area contributed by atoms with Gasteiger partial charge in [-0.25, -0.2) is 9.18 Å². The van der Waals surface area contributed by atoms with Gasteiger partial charge in [0, 0.05) is 5.56 Å². The van der Waals surface area contributed by atoms with Crippen LogP contribution < -0.4 is 0 Å². The van der Waals surface area contributed by atoms with Crippen molar-refractivity contribution in [3.63, 3.8) is 0 Å². The fourth-order valence-electron chi connectivity index (χ4n) is 0.975. The SMILES string of the molecule is C=Cc1cccc(C(=O)OC)c1F. The van der Waals surface area contributed by atoms with Crippen LogP contribution in [0, 0.1) is 5.82 Å². The highest BCUT2D eigenvalue weighted by Crippen LogP contribution is 2.14. The Morgan fingerprint density at radius 1 is 1.62 bits per heavy atom. The van der Waals surface area contributed by atoms with Crippen LogP contribution in [0.3, 0.4) is 0 Å². The number of esters is 1. The molecule has 0 aromatic heterocycles. The van der Waals surface area contributed by atoms with Gasteiger partial charge in [-0.05, 0) is 6.07 Å². The molecule has 3 heteroatoms. The van der Waals surface area contributed by atoms with E-state index in [1.54, 1.807) is 6.07 Å². The van der Waals surface area contributed by atoms with Gasteiger partial charge in [-0.1, -0.05) is 24.8 Å². The largest absolute Gasteiger partial charge is 0.465 e. The lowest BCUT2D eigenvalue weighted by Crippen LogP contribution is -2.05. The van der Waals surface area contributed by atoms with Crippen LogP contribution in [-0.2, 0) is 4.74 Å². The molecule has 0 unspecified atom stereocenters. The molecule has 2 nitrogen and oxygen atoms in total. The minimum absolute atomic E-state index is 0.0695. The van der Waals surface area contributed by atoms with Crippen molar-refractivity contribution in [1.82, 2.24) is 0 Å². The molecular formula is C10H9FO2. The molecule has 0 radical (unpaired) electrons. The van der Waals surface area contributed by atoms with Crippen LogP contribution in [-0.4, -0.2) is 13.1 Å².